The van der Waals surface area contributed by atoms with Crippen LogP contribution in [0.25, 0.3) is 0 Å². The minimum atomic E-state index is -5.20. The summed E-state index contributed by atoms with van der Waals surface area (Å²) < 4.78 is 52.2. The summed E-state index contributed by atoms with van der Waals surface area (Å²) in [5.74, 6) is -3.56. The van der Waals surface area contributed by atoms with Crippen LogP contribution in [0.1, 0.15) is 39.2 Å². The SMILES string of the molecule is CNC(=O)[C@@H]1CCCN1C(=O)[C@H](COC(=O)[C@@](OC)(c1ccccc1)C(F)(F)F)NC(=O)C(C)(C)C. The maximum absolute atomic E-state index is 14.2. The van der Waals surface area contributed by atoms with Gasteiger partial charge in [-0.1, -0.05) is 51.1 Å². The Balaban J connectivity index is 2.37. The smallest absolute Gasteiger partial charge is 0.432 e. The van der Waals surface area contributed by atoms with E-state index in [9.17, 15) is 32.3 Å². The Bertz CT molecular complexity index is 964. The molecular weight excluding hydrogens is 483 g/mol. The van der Waals surface area contributed by atoms with Crippen LogP contribution < -0.4 is 10.6 Å². The first-order valence-corrected chi connectivity index (χ1v) is 11.4. The Morgan fingerprint density at radius 3 is 2.22 bits per heavy atom. The van der Waals surface area contributed by atoms with E-state index in [-0.39, 0.29) is 6.54 Å². The second kappa shape index (κ2) is 11.3. The number of hydrogen-bond acceptors (Lipinski definition) is 6. The predicted molar refractivity (Wildman–Crippen MR) is 122 cm³/mol. The number of benzene rings is 1. The lowest BCUT2D eigenvalue weighted by atomic mass is 9.92. The normalized spacial score (nSPS) is 18.7. The molecule has 2 rings (SSSR count). The van der Waals surface area contributed by atoms with Crippen molar-refractivity contribution in [3.05, 3.63) is 35.9 Å². The van der Waals surface area contributed by atoms with Crippen LogP contribution in [0.3, 0.4) is 0 Å². The zero-order valence-corrected chi connectivity index (χ0v) is 20.9. The third-order valence-electron chi connectivity index (χ3n) is 5.92. The molecule has 1 aromatic rings. The van der Waals surface area contributed by atoms with Gasteiger partial charge >= 0.3 is 12.1 Å². The van der Waals surface area contributed by atoms with Crippen LogP contribution in [0.5, 0.6) is 0 Å². The first-order chi connectivity index (χ1) is 16.7. The minimum Gasteiger partial charge on any atom is -0.460 e. The molecule has 1 aliphatic rings. The molecule has 1 aromatic carbocycles. The largest absolute Gasteiger partial charge is 0.460 e. The van der Waals surface area contributed by atoms with Crippen molar-refractivity contribution in [2.75, 3.05) is 27.3 Å². The number of halogens is 3. The van der Waals surface area contributed by atoms with Gasteiger partial charge in [0.1, 0.15) is 18.7 Å². The molecule has 0 unspecified atom stereocenters. The van der Waals surface area contributed by atoms with Gasteiger partial charge < -0.3 is 25.0 Å². The van der Waals surface area contributed by atoms with Gasteiger partial charge in [-0.25, -0.2) is 4.79 Å². The molecule has 1 heterocycles. The number of rotatable bonds is 8. The number of carbonyl (C=O) groups is 4. The molecule has 0 aliphatic carbocycles. The van der Waals surface area contributed by atoms with Crippen LogP contribution in [0.2, 0.25) is 0 Å². The number of methoxy groups -OCH3 is 1. The van der Waals surface area contributed by atoms with Gasteiger partial charge in [0.25, 0.3) is 5.60 Å². The van der Waals surface area contributed by atoms with Crippen LogP contribution in [-0.2, 0) is 34.3 Å². The summed E-state index contributed by atoms with van der Waals surface area (Å²) in [6.07, 6.45) is -4.31. The average molecular weight is 516 g/mol. The fourth-order valence-corrected chi connectivity index (χ4v) is 3.87. The maximum atomic E-state index is 14.2. The second-order valence-corrected chi connectivity index (χ2v) is 9.43. The lowest BCUT2D eigenvalue weighted by Gasteiger charge is -2.34. The predicted octanol–water partition coefficient (Wildman–Crippen LogP) is 1.90. The number of likely N-dealkylation sites (tertiary alicyclic amines) is 1. The third-order valence-corrected chi connectivity index (χ3v) is 5.92. The Labute approximate surface area is 207 Å². The number of nitrogens with one attached hydrogen (secondary N) is 2. The zero-order valence-electron chi connectivity index (χ0n) is 20.9. The molecule has 0 radical (unpaired) electrons. The van der Waals surface area contributed by atoms with E-state index in [0.717, 1.165) is 19.2 Å². The monoisotopic (exact) mass is 515 g/mol. The molecule has 0 bridgehead atoms. The van der Waals surface area contributed by atoms with E-state index >= 15 is 0 Å². The van der Waals surface area contributed by atoms with Crippen molar-refractivity contribution in [2.45, 2.75) is 57.5 Å². The fraction of sp³-hybridized carbons (Fsp3) is 0.583. The molecule has 9 nitrogen and oxygen atoms in total. The van der Waals surface area contributed by atoms with E-state index in [1.165, 1.54) is 30.1 Å². The van der Waals surface area contributed by atoms with Gasteiger partial charge in [0, 0.05) is 31.7 Å². The van der Waals surface area contributed by atoms with Crippen molar-refractivity contribution in [1.82, 2.24) is 15.5 Å². The molecule has 2 N–H and O–H groups in total. The molecule has 3 atom stereocenters. The topological polar surface area (TPSA) is 114 Å². The summed E-state index contributed by atoms with van der Waals surface area (Å²) in [6.45, 7) is 4.03. The number of alkyl halides is 3. The highest BCUT2D eigenvalue weighted by atomic mass is 19.4. The highest BCUT2D eigenvalue weighted by Crippen LogP contribution is 2.43. The molecule has 36 heavy (non-hydrogen) atoms. The van der Waals surface area contributed by atoms with Crippen molar-refractivity contribution < 1.29 is 41.8 Å². The van der Waals surface area contributed by atoms with Gasteiger partial charge in [-0.2, -0.15) is 13.2 Å². The van der Waals surface area contributed by atoms with E-state index < -0.39 is 65.1 Å². The number of carbonyl (C=O) groups excluding carboxylic acids is 4. The zero-order chi connectivity index (χ0) is 27.3. The van der Waals surface area contributed by atoms with Crippen LogP contribution in [0.4, 0.5) is 13.2 Å². The van der Waals surface area contributed by atoms with Crippen LogP contribution in [0, 0.1) is 5.41 Å². The lowest BCUT2D eigenvalue weighted by molar-refractivity contribution is -0.276. The third kappa shape index (κ3) is 5.97. The van der Waals surface area contributed by atoms with Crippen molar-refractivity contribution in [3.8, 4) is 0 Å². The van der Waals surface area contributed by atoms with Gasteiger partial charge in [-0.3, -0.25) is 14.4 Å². The highest BCUT2D eigenvalue weighted by molar-refractivity contribution is 5.93. The molecule has 0 spiro atoms. The lowest BCUT2D eigenvalue weighted by Crippen LogP contribution is -2.57. The molecule has 3 amide bonds. The number of likely N-dealkylation sites (N-methyl/N-ethyl adjacent to an activating group) is 1. The highest BCUT2D eigenvalue weighted by Gasteiger charge is 2.64. The Kier molecular flexibility index (Phi) is 9.11. The van der Waals surface area contributed by atoms with Crippen LogP contribution in [0.15, 0.2) is 30.3 Å². The minimum absolute atomic E-state index is 0.196. The first-order valence-electron chi connectivity index (χ1n) is 11.4. The van der Waals surface area contributed by atoms with Crippen LogP contribution >= 0.6 is 0 Å². The molecular formula is C24H32F3N3O6. The average Bonchev–Trinajstić information content (AvgIpc) is 3.30. The number of amides is 3. The van der Waals surface area contributed by atoms with E-state index in [1.54, 1.807) is 20.8 Å². The van der Waals surface area contributed by atoms with Crippen molar-refractivity contribution in [1.29, 1.82) is 0 Å². The Morgan fingerprint density at radius 1 is 1.11 bits per heavy atom. The Morgan fingerprint density at radius 2 is 1.72 bits per heavy atom. The van der Waals surface area contributed by atoms with Gasteiger partial charge in [-0.05, 0) is 12.8 Å². The van der Waals surface area contributed by atoms with Gasteiger partial charge in [0.2, 0.25) is 17.7 Å². The summed E-state index contributed by atoms with van der Waals surface area (Å²) in [6, 6.07) is 3.89. The molecule has 12 heteroatoms. The van der Waals surface area contributed by atoms with Crippen LogP contribution in [-0.4, -0.2) is 74.2 Å². The van der Waals surface area contributed by atoms with Crippen molar-refractivity contribution in [2.24, 2.45) is 5.41 Å². The van der Waals surface area contributed by atoms with Gasteiger partial charge in [-0.15, -0.1) is 0 Å². The summed E-state index contributed by atoms with van der Waals surface area (Å²) in [5, 5.41) is 4.91. The number of esters is 1. The molecule has 1 saturated heterocycles. The standard InChI is InChI=1S/C24H32F3N3O6/c1-22(2,3)20(33)29-16(19(32)30-13-9-12-17(30)18(31)28-4)14-36-21(34)23(35-5,24(25,26)27)15-10-7-6-8-11-15/h6-8,10-11,16-17H,9,12-14H2,1-5H3,(H,28,31)(H,29,33)/t16-,17-,23-/m0/s1. The summed E-state index contributed by atoms with van der Waals surface area (Å²) in [5.41, 5.74) is -4.92. The molecule has 200 valence electrons. The number of nitrogens with zero attached hydrogens (tertiary/aromatic N) is 1. The molecule has 1 fully saturated rings. The summed E-state index contributed by atoms with van der Waals surface area (Å²) in [7, 11) is 2.14. The van der Waals surface area contributed by atoms with E-state index in [4.69, 9.17) is 9.47 Å². The van der Waals surface area contributed by atoms with Crippen molar-refractivity contribution in [3.63, 3.8) is 0 Å². The summed E-state index contributed by atoms with van der Waals surface area (Å²) in [4.78, 5) is 52.3. The quantitative estimate of drug-likeness (QED) is 0.512. The van der Waals surface area contributed by atoms with E-state index in [1.807, 2.05) is 0 Å². The molecule has 1 aliphatic heterocycles. The maximum Gasteiger partial charge on any atom is 0.432 e. The number of hydrogen-bond donors (Lipinski definition) is 2. The summed E-state index contributed by atoms with van der Waals surface area (Å²) >= 11 is 0. The first kappa shape index (κ1) is 29.1. The van der Waals surface area contributed by atoms with E-state index in [0.29, 0.717) is 12.8 Å². The number of ether oxygens (including phenoxy) is 2. The molecule has 0 aromatic heterocycles. The van der Waals surface area contributed by atoms with Gasteiger partial charge in [0.05, 0.1) is 0 Å². The van der Waals surface area contributed by atoms with E-state index in [2.05, 4.69) is 10.6 Å². The van der Waals surface area contributed by atoms with Gasteiger partial charge in [0.15, 0.2) is 0 Å². The fourth-order valence-electron chi connectivity index (χ4n) is 3.87. The molecule has 0 saturated carbocycles. The Hall–Kier alpha value is -3.15. The van der Waals surface area contributed by atoms with Crippen molar-refractivity contribution >= 4 is 23.7 Å². The second-order valence-electron chi connectivity index (χ2n) is 9.43.